The number of nitrogens with zero attached hydrogens (tertiary/aromatic N) is 1. The molecule has 0 amide bonds. The molecule has 18 heavy (non-hydrogen) atoms. The molecule has 0 radical (unpaired) electrons. The zero-order valence-electron chi connectivity index (χ0n) is 11.9. The predicted octanol–water partition coefficient (Wildman–Crippen LogP) is 2.98. The summed E-state index contributed by atoms with van der Waals surface area (Å²) in [5, 5.41) is 0. The zero-order valence-corrected chi connectivity index (χ0v) is 11.9. The molecule has 2 aliphatic rings. The lowest BCUT2D eigenvalue weighted by Crippen LogP contribution is -2.57. The number of esters is 1. The lowest BCUT2D eigenvalue weighted by Gasteiger charge is -2.44. The van der Waals surface area contributed by atoms with Crippen molar-refractivity contribution in [2.45, 2.75) is 70.4 Å². The largest absolute Gasteiger partial charge is 0.468 e. The minimum absolute atomic E-state index is 0.0329. The molecule has 3 atom stereocenters. The minimum atomic E-state index is -0.0329. The van der Waals surface area contributed by atoms with Crippen LogP contribution in [0.5, 0.6) is 0 Å². The Bertz CT molecular complexity index is 280. The first-order valence-corrected chi connectivity index (χ1v) is 7.56. The van der Waals surface area contributed by atoms with Crippen LogP contribution in [0.4, 0.5) is 0 Å². The molecule has 3 unspecified atom stereocenters. The van der Waals surface area contributed by atoms with Crippen LogP contribution < -0.4 is 0 Å². The highest BCUT2D eigenvalue weighted by Crippen LogP contribution is 2.30. The lowest BCUT2D eigenvalue weighted by molar-refractivity contribution is -0.154. The van der Waals surface area contributed by atoms with Crippen LogP contribution in [0.25, 0.3) is 0 Å². The molecule has 2 fully saturated rings. The number of hydrogen-bond donors (Lipinski definition) is 0. The first kappa shape index (κ1) is 13.9. The summed E-state index contributed by atoms with van der Waals surface area (Å²) in [6, 6.07) is 0.673. The quantitative estimate of drug-likeness (QED) is 0.709. The van der Waals surface area contributed by atoms with Crippen LogP contribution in [-0.2, 0) is 9.53 Å². The van der Waals surface area contributed by atoms with Crippen LogP contribution in [0.3, 0.4) is 0 Å². The molecule has 1 aliphatic carbocycles. The van der Waals surface area contributed by atoms with Gasteiger partial charge in [-0.15, -0.1) is 0 Å². The second-order valence-electron chi connectivity index (χ2n) is 6.04. The summed E-state index contributed by atoms with van der Waals surface area (Å²) in [6.45, 7) is 3.46. The van der Waals surface area contributed by atoms with Gasteiger partial charge in [0.1, 0.15) is 6.04 Å². The molecule has 1 saturated carbocycles. The average molecular weight is 253 g/mol. The summed E-state index contributed by atoms with van der Waals surface area (Å²) in [4.78, 5) is 14.0. The van der Waals surface area contributed by atoms with Gasteiger partial charge in [0.15, 0.2) is 0 Å². The van der Waals surface area contributed by atoms with E-state index in [9.17, 15) is 4.79 Å². The SMILES string of the molecule is COC(=O)C1CCN1C1CCCCC(C)CCC1. The van der Waals surface area contributed by atoms with Crippen LogP contribution in [-0.4, -0.2) is 36.6 Å². The van der Waals surface area contributed by atoms with Crippen molar-refractivity contribution in [1.82, 2.24) is 4.90 Å². The van der Waals surface area contributed by atoms with E-state index >= 15 is 0 Å². The van der Waals surface area contributed by atoms with Gasteiger partial charge in [-0.1, -0.05) is 39.0 Å². The van der Waals surface area contributed by atoms with Gasteiger partial charge in [-0.2, -0.15) is 0 Å². The van der Waals surface area contributed by atoms with Gasteiger partial charge in [-0.05, 0) is 25.2 Å². The Labute approximate surface area is 111 Å². The van der Waals surface area contributed by atoms with Gasteiger partial charge < -0.3 is 4.74 Å². The molecule has 3 heteroatoms. The van der Waals surface area contributed by atoms with E-state index in [-0.39, 0.29) is 12.0 Å². The summed E-state index contributed by atoms with van der Waals surface area (Å²) in [5.41, 5.74) is 0. The Morgan fingerprint density at radius 3 is 2.39 bits per heavy atom. The fourth-order valence-corrected chi connectivity index (χ4v) is 3.43. The number of methoxy groups -OCH3 is 1. The van der Waals surface area contributed by atoms with Crippen LogP contribution in [0, 0.1) is 5.92 Å². The summed E-state index contributed by atoms with van der Waals surface area (Å²) in [5.74, 6) is 0.853. The van der Waals surface area contributed by atoms with E-state index in [2.05, 4.69) is 11.8 Å². The highest BCUT2D eigenvalue weighted by molar-refractivity contribution is 5.76. The summed E-state index contributed by atoms with van der Waals surface area (Å²) in [6.07, 6.45) is 10.2. The van der Waals surface area contributed by atoms with Crippen LogP contribution in [0.15, 0.2) is 0 Å². The van der Waals surface area contributed by atoms with Gasteiger partial charge in [0.2, 0.25) is 0 Å². The van der Waals surface area contributed by atoms with Crippen LogP contribution >= 0.6 is 0 Å². The molecule has 1 saturated heterocycles. The topological polar surface area (TPSA) is 29.5 Å². The Hall–Kier alpha value is -0.570. The van der Waals surface area contributed by atoms with E-state index in [4.69, 9.17) is 4.74 Å². The third kappa shape index (κ3) is 3.25. The second kappa shape index (κ2) is 6.55. The third-order valence-corrected chi connectivity index (χ3v) is 4.72. The number of hydrogen-bond acceptors (Lipinski definition) is 3. The third-order valence-electron chi connectivity index (χ3n) is 4.72. The van der Waals surface area contributed by atoms with Gasteiger partial charge in [0.25, 0.3) is 0 Å². The van der Waals surface area contributed by atoms with Crippen molar-refractivity contribution in [2.75, 3.05) is 13.7 Å². The highest BCUT2D eigenvalue weighted by Gasteiger charge is 2.38. The monoisotopic (exact) mass is 253 g/mol. The zero-order chi connectivity index (χ0) is 13.0. The van der Waals surface area contributed by atoms with Gasteiger partial charge in [-0.25, -0.2) is 0 Å². The number of likely N-dealkylation sites (tertiary alicyclic amines) is 1. The number of rotatable bonds is 2. The van der Waals surface area contributed by atoms with E-state index in [0.29, 0.717) is 6.04 Å². The minimum Gasteiger partial charge on any atom is -0.468 e. The van der Waals surface area contributed by atoms with E-state index < -0.39 is 0 Å². The molecule has 0 aromatic heterocycles. The summed E-state index contributed by atoms with van der Waals surface area (Å²) < 4.78 is 4.89. The van der Waals surface area contributed by atoms with E-state index in [1.807, 2.05) is 0 Å². The van der Waals surface area contributed by atoms with Crippen molar-refractivity contribution in [3.63, 3.8) is 0 Å². The Kier molecular flexibility index (Phi) is 5.04. The van der Waals surface area contributed by atoms with Crippen molar-refractivity contribution in [3.05, 3.63) is 0 Å². The fraction of sp³-hybridized carbons (Fsp3) is 0.933. The van der Waals surface area contributed by atoms with Gasteiger partial charge in [0.05, 0.1) is 7.11 Å². The molecule has 0 aromatic rings. The van der Waals surface area contributed by atoms with E-state index in [1.54, 1.807) is 0 Å². The number of ether oxygens (including phenoxy) is 1. The van der Waals surface area contributed by atoms with Crippen molar-refractivity contribution < 1.29 is 9.53 Å². The first-order valence-electron chi connectivity index (χ1n) is 7.56. The predicted molar refractivity (Wildman–Crippen MR) is 72.4 cm³/mol. The van der Waals surface area contributed by atoms with Gasteiger partial charge in [-0.3, -0.25) is 9.69 Å². The van der Waals surface area contributed by atoms with E-state index in [0.717, 1.165) is 18.9 Å². The van der Waals surface area contributed by atoms with Crippen molar-refractivity contribution in [1.29, 1.82) is 0 Å². The van der Waals surface area contributed by atoms with Gasteiger partial charge in [0, 0.05) is 12.6 Å². The molecule has 3 nitrogen and oxygen atoms in total. The van der Waals surface area contributed by atoms with E-state index in [1.165, 1.54) is 52.1 Å². The van der Waals surface area contributed by atoms with Crippen molar-refractivity contribution in [2.24, 2.45) is 5.92 Å². The Balaban J connectivity index is 1.88. The van der Waals surface area contributed by atoms with Crippen LogP contribution in [0.1, 0.15) is 58.3 Å². The molecule has 0 spiro atoms. The van der Waals surface area contributed by atoms with Crippen molar-refractivity contribution >= 4 is 5.97 Å². The number of carbonyl (C=O) groups is 1. The average Bonchev–Trinajstić information content (AvgIpc) is 2.41. The Morgan fingerprint density at radius 1 is 1.06 bits per heavy atom. The maximum Gasteiger partial charge on any atom is 0.323 e. The molecule has 0 bridgehead atoms. The molecule has 2 rings (SSSR count). The second-order valence-corrected chi connectivity index (χ2v) is 6.04. The fourth-order valence-electron chi connectivity index (χ4n) is 3.43. The smallest absolute Gasteiger partial charge is 0.323 e. The number of carbonyl (C=O) groups excluding carboxylic acids is 1. The molecule has 0 aromatic carbocycles. The van der Waals surface area contributed by atoms with Crippen LogP contribution in [0.2, 0.25) is 0 Å². The molecule has 104 valence electrons. The van der Waals surface area contributed by atoms with Crippen molar-refractivity contribution in [3.8, 4) is 0 Å². The van der Waals surface area contributed by atoms with Gasteiger partial charge >= 0.3 is 5.97 Å². The maximum atomic E-state index is 11.7. The molecule has 1 heterocycles. The normalized spacial score (nSPS) is 34.9. The summed E-state index contributed by atoms with van der Waals surface area (Å²) in [7, 11) is 1.50. The molecule has 0 N–H and O–H groups in total. The standard InChI is InChI=1S/C15H27NO2/c1-12-6-3-4-8-13(9-5-7-12)16-11-10-14(16)15(17)18-2/h12-14H,3-11H2,1-2H3. The highest BCUT2D eigenvalue weighted by atomic mass is 16.5. The molecule has 1 aliphatic heterocycles. The lowest BCUT2D eigenvalue weighted by atomic mass is 9.94. The summed E-state index contributed by atoms with van der Waals surface area (Å²) >= 11 is 0. The Morgan fingerprint density at radius 2 is 1.72 bits per heavy atom. The molecular formula is C15H27NO2. The molecular weight excluding hydrogens is 226 g/mol. The first-order chi connectivity index (χ1) is 8.72. The maximum absolute atomic E-state index is 11.7.